The van der Waals surface area contributed by atoms with Crippen LogP contribution in [-0.4, -0.2) is 18.7 Å². The highest BCUT2D eigenvalue weighted by Gasteiger charge is 2.15. The Hall–Kier alpha value is -1.69. The Morgan fingerprint density at radius 2 is 1.89 bits per heavy atom. The zero-order valence-electron chi connectivity index (χ0n) is 10.2. The van der Waals surface area contributed by atoms with Gasteiger partial charge in [-0.2, -0.15) is 0 Å². The first-order valence-electron chi connectivity index (χ1n) is 5.44. The van der Waals surface area contributed by atoms with E-state index in [0.717, 1.165) is 12.1 Å². The van der Waals surface area contributed by atoms with Gasteiger partial charge in [0.25, 0.3) is 0 Å². The van der Waals surface area contributed by atoms with E-state index in [9.17, 15) is 13.6 Å². The van der Waals surface area contributed by atoms with Gasteiger partial charge in [-0.1, -0.05) is 0 Å². The maximum absolute atomic E-state index is 13.4. The van der Waals surface area contributed by atoms with Crippen LogP contribution in [0.25, 0.3) is 0 Å². The molecule has 0 amide bonds. The van der Waals surface area contributed by atoms with Crippen LogP contribution in [-0.2, 0) is 16.1 Å². The van der Waals surface area contributed by atoms with E-state index in [1.54, 1.807) is 13.8 Å². The molecule has 0 heterocycles. The number of hydrogen-bond donors (Lipinski definition) is 1. The van der Waals surface area contributed by atoms with Crippen molar-refractivity contribution in [2.24, 2.45) is 5.73 Å². The number of hydrogen-bond acceptors (Lipinski definition) is 4. The van der Waals surface area contributed by atoms with E-state index in [4.69, 9.17) is 15.2 Å². The largest absolute Gasteiger partial charge is 0.476 e. The third kappa shape index (κ3) is 3.96. The molecule has 1 rings (SSSR count). The lowest BCUT2D eigenvalue weighted by Crippen LogP contribution is -2.19. The number of ether oxygens (including phenoxy) is 2. The van der Waals surface area contributed by atoms with E-state index >= 15 is 0 Å². The lowest BCUT2D eigenvalue weighted by atomic mass is 10.2. The van der Waals surface area contributed by atoms with Crippen LogP contribution in [0.3, 0.4) is 0 Å². The topological polar surface area (TPSA) is 61.5 Å². The summed E-state index contributed by atoms with van der Waals surface area (Å²) in [6, 6.07) is 2.12. The van der Waals surface area contributed by atoms with Crippen molar-refractivity contribution in [3.05, 3.63) is 29.3 Å². The lowest BCUT2D eigenvalue weighted by molar-refractivity contribution is -0.149. The average molecular weight is 259 g/mol. The average Bonchev–Trinajstić information content (AvgIpc) is 2.26. The second-order valence-electron chi connectivity index (χ2n) is 3.92. The molecule has 0 bridgehead atoms. The van der Waals surface area contributed by atoms with E-state index < -0.39 is 30.0 Å². The fraction of sp³-hybridized carbons (Fsp3) is 0.417. The minimum absolute atomic E-state index is 0.0174. The molecule has 0 aliphatic carbocycles. The van der Waals surface area contributed by atoms with E-state index in [2.05, 4.69) is 0 Å². The predicted octanol–water partition coefficient (Wildman–Crippen LogP) is 1.75. The minimum Gasteiger partial charge on any atom is -0.476 e. The van der Waals surface area contributed by atoms with Crippen molar-refractivity contribution in [1.29, 1.82) is 0 Å². The molecule has 100 valence electrons. The van der Waals surface area contributed by atoms with Crippen molar-refractivity contribution in [3.8, 4) is 5.75 Å². The molecule has 0 saturated carbocycles. The second-order valence-corrected chi connectivity index (χ2v) is 3.92. The molecule has 1 aromatic rings. The first-order valence-corrected chi connectivity index (χ1v) is 5.44. The van der Waals surface area contributed by atoms with Gasteiger partial charge in [0.15, 0.2) is 24.0 Å². The van der Waals surface area contributed by atoms with Gasteiger partial charge in [0, 0.05) is 6.54 Å². The highest BCUT2D eigenvalue weighted by Crippen LogP contribution is 2.23. The fourth-order valence-corrected chi connectivity index (χ4v) is 1.30. The summed E-state index contributed by atoms with van der Waals surface area (Å²) in [4.78, 5) is 11.2. The molecule has 0 aliphatic heterocycles. The van der Waals surface area contributed by atoms with Crippen molar-refractivity contribution in [3.63, 3.8) is 0 Å². The van der Waals surface area contributed by atoms with Gasteiger partial charge in [0.2, 0.25) is 0 Å². The van der Waals surface area contributed by atoms with Crippen molar-refractivity contribution in [2.75, 3.05) is 6.61 Å². The normalized spacial score (nSPS) is 10.6. The lowest BCUT2D eigenvalue weighted by Gasteiger charge is -2.11. The first-order chi connectivity index (χ1) is 8.43. The number of benzene rings is 1. The van der Waals surface area contributed by atoms with Crippen LogP contribution in [0.5, 0.6) is 5.75 Å². The molecule has 0 spiro atoms. The van der Waals surface area contributed by atoms with Gasteiger partial charge in [-0.3, -0.25) is 0 Å². The smallest absolute Gasteiger partial charge is 0.344 e. The quantitative estimate of drug-likeness (QED) is 0.818. The molecule has 0 unspecified atom stereocenters. The Morgan fingerprint density at radius 1 is 1.33 bits per heavy atom. The molecule has 0 aromatic heterocycles. The molecule has 0 fully saturated rings. The van der Waals surface area contributed by atoms with E-state index in [1.807, 2.05) is 0 Å². The molecule has 0 radical (unpaired) electrons. The Balaban J connectivity index is 2.70. The van der Waals surface area contributed by atoms with Crippen molar-refractivity contribution in [2.45, 2.75) is 26.5 Å². The highest BCUT2D eigenvalue weighted by atomic mass is 19.1. The maximum atomic E-state index is 13.4. The van der Waals surface area contributed by atoms with E-state index in [0.29, 0.717) is 5.56 Å². The van der Waals surface area contributed by atoms with Gasteiger partial charge < -0.3 is 15.2 Å². The van der Waals surface area contributed by atoms with Crippen LogP contribution in [0.1, 0.15) is 19.4 Å². The van der Waals surface area contributed by atoms with Crippen LogP contribution in [0, 0.1) is 11.6 Å². The van der Waals surface area contributed by atoms with E-state index in [1.165, 1.54) is 0 Å². The predicted molar refractivity (Wildman–Crippen MR) is 61.0 cm³/mol. The number of nitrogens with two attached hydrogens (primary N) is 1. The maximum Gasteiger partial charge on any atom is 0.344 e. The fourth-order valence-electron chi connectivity index (χ4n) is 1.30. The molecule has 1 aromatic carbocycles. The van der Waals surface area contributed by atoms with Crippen molar-refractivity contribution in [1.82, 2.24) is 0 Å². The summed E-state index contributed by atoms with van der Waals surface area (Å²) >= 11 is 0. The standard InChI is InChI=1S/C12H15F2NO3/c1-7(2)18-11(16)6-17-12-9(13)3-8(5-15)4-10(12)14/h3-4,7H,5-6,15H2,1-2H3. The molecule has 18 heavy (non-hydrogen) atoms. The summed E-state index contributed by atoms with van der Waals surface area (Å²) in [5.41, 5.74) is 5.57. The summed E-state index contributed by atoms with van der Waals surface area (Å²) in [5, 5.41) is 0. The first kappa shape index (κ1) is 14.4. The highest BCUT2D eigenvalue weighted by molar-refractivity contribution is 5.71. The molecular formula is C12H15F2NO3. The van der Waals surface area contributed by atoms with Gasteiger partial charge in [-0.15, -0.1) is 0 Å². The van der Waals surface area contributed by atoms with Gasteiger partial charge in [-0.25, -0.2) is 13.6 Å². The number of carbonyl (C=O) groups is 1. The van der Waals surface area contributed by atoms with Crippen molar-refractivity contribution < 1.29 is 23.0 Å². The molecule has 0 saturated heterocycles. The van der Waals surface area contributed by atoms with Crippen LogP contribution in [0.2, 0.25) is 0 Å². The number of esters is 1. The number of carbonyl (C=O) groups excluding carboxylic acids is 1. The monoisotopic (exact) mass is 259 g/mol. The second kappa shape index (κ2) is 6.30. The van der Waals surface area contributed by atoms with Crippen LogP contribution in [0.15, 0.2) is 12.1 Å². The van der Waals surface area contributed by atoms with E-state index in [-0.39, 0.29) is 12.6 Å². The van der Waals surface area contributed by atoms with Crippen molar-refractivity contribution >= 4 is 5.97 Å². The Bertz CT molecular complexity index is 412. The number of rotatable bonds is 5. The van der Waals surface area contributed by atoms with Gasteiger partial charge in [0.1, 0.15) is 0 Å². The molecular weight excluding hydrogens is 244 g/mol. The van der Waals surface area contributed by atoms with Crippen LogP contribution >= 0.6 is 0 Å². The van der Waals surface area contributed by atoms with Gasteiger partial charge in [0.05, 0.1) is 6.10 Å². The molecule has 4 nitrogen and oxygen atoms in total. The summed E-state index contributed by atoms with van der Waals surface area (Å²) in [6.45, 7) is 2.79. The summed E-state index contributed by atoms with van der Waals surface area (Å²) in [5.74, 6) is -3.08. The molecule has 0 atom stereocenters. The van der Waals surface area contributed by atoms with Gasteiger partial charge in [-0.05, 0) is 31.5 Å². The zero-order valence-corrected chi connectivity index (χ0v) is 10.2. The Labute approximate surface area is 104 Å². The van der Waals surface area contributed by atoms with Gasteiger partial charge >= 0.3 is 5.97 Å². The summed E-state index contributed by atoms with van der Waals surface area (Å²) < 4.78 is 36.4. The molecule has 6 heteroatoms. The third-order valence-electron chi connectivity index (χ3n) is 2.00. The minimum atomic E-state index is -0.896. The summed E-state index contributed by atoms with van der Waals surface area (Å²) in [6.07, 6.45) is -0.310. The Kier molecular flexibility index (Phi) is 5.03. The third-order valence-corrected chi connectivity index (χ3v) is 2.00. The van der Waals surface area contributed by atoms with Crippen LogP contribution in [0.4, 0.5) is 8.78 Å². The molecule has 2 N–H and O–H groups in total. The zero-order chi connectivity index (χ0) is 13.7. The SMILES string of the molecule is CC(C)OC(=O)COc1c(F)cc(CN)cc1F. The summed E-state index contributed by atoms with van der Waals surface area (Å²) in [7, 11) is 0. The van der Waals surface area contributed by atoms with Crippen LogP contribution < -0.4 is 10.5 Å². The number of halogens is 2. The molecule has 0 aliphatic rings. The Morgan fingerprint density at radius 3 is 2.33 bits per heavy atom.